The van der Waals surface area contributed by atoms with Crippen molar-refractivity contribution in [3.63, 3.8) is 0 Å². The van der Waals surface area contributed by atoms with Gasteiger partial charge in [-0.15, -0.1) is 12.4 Å². The number of hydrogen-bond donors (Lipinski definition) is 1. The maximum absolute atomic E-state index is 13.0. The van der Waals surface area contributed by atoms with Gasteiger partial charge in [-0.1, -0.05) is 38.3 Å². The standard InChI is InChI=1S/C17H25F3N2.ClH/c1-2-3-4-8-16(22-11-9-21-10-12-22)14-6-5-7-15(13-14)17(18,19)20;/h5-7,13,16,21H,2-4,8-12H2,1H3;1H/t16-;/m1./s1. The Balaban J connectivity index is 0.00000264. The minimum Gasteiger partial charge on any atom is -0.314 e. The number of benzene rings is 1. The molecule has 6 heteroatoms. The van der Waals surface area contributed by atoms with Crippen molar-refractivity contribution in [1.29, 1.82) is 0 Å². The van der Waals surface area contributed by atoms with Crippen molar-refractivity contribution in [1.82, 2.24) is 10.2 Å². The summed E-state index contributed by atoms with van der Waals surface area (Å²) >= 11 is 0. The van der Waals surface area contributed by atoms with E-state index in [4.69, 9.17) is 0 Å². The highest BCUT2D eigenvalue weighted by Crippen LogP contribution is 2.33. The van der Waals surface area contributed by atoms with Gasteiger partial charge in [0, 0.05) is 32.2 Å². The topological polar surface area (TPSA) is 15.3 Å². The molecule has 0 bridgehead atoms. The molecule has 0 aromatic heterocycles. The molecule has 1 aromatic rings. The molecular formula is C17H26ClF3N2. The lowest BCUT2D eigenvalue weighted by Crippen LogP contribution is -2.45. The molecule has 1 N–H and O–H groups in total. The number of nitrogens with zero attached hydrogens (tertiary/aromatic N) is 1. The first-order chi connectivity index (χ1) is 10.5. The largest absolute Gasteiger partial charge is 0.416 e. The number of hydrogen-bond acceptors (Lipinski definition) is 2. The van der Waals surface area contributed by atoms with Crippen LogP contribution in [0.5, 0.6) is 0 Å². The number of unbranched alkanes of at least 4 members (excludes halogenated alkanes) is 2. The molecule has 0 aliphatic carbocycles. The van der Waals surface area contributed by atoms with E-state index in [1.807, 2.05) is 6.07 Å². The van der Waals surface area contributed by atoms with Gasteiger partial charge < -0.3 is 5.32 Å². The molecule has 2 nitrogen and oxygen atoms in total. The number of nitrogens with one attached hydrogen (secondary N) is 1. The Hall–Kier alpha value is -0.780. The van der Waals surface area contributed by atoms with Gasteiger partial charge in [0.15, 0.2) is 0 Å². The molecule has 2 rings (SSSR count). The van der Waals surface area contributed by atoms with Crippen molar-refractivity contribution in [3.8, 4) is 0 Å². The van der Waals surface area contributed by atoms with Crippen LogP contribution in [-0.2, 0) is 6.18 Å². The second kappa shape index (κ2) is 9.50. The summed E-state index contributed by atoms with van der Waals surface area (Å²) in [6, 6.07) is 5.96. The van der Waals surface area contributed by atoms with E-state index in [1.165, 1.54) is 12.1 Å². The van der Waals surface area contributed by atoms with E-state index >= 15 is 0 Å². The van der Waals surface area contributed by atoms with Crippen LogP contribution >= 0.6 is 12.4 Å². The Labute approximate surface area is 142 Å². The first-order valence-electron chi connectivity index (χ1n) is 8.14. The lowest BCUT2D eigenvalue weighted by atomic mass is 9.96. The van der Waals surface area contributed by atoms with Crippen molar-refractivity contribution in [2.75, 3.05) is 26.2 Å². The summed E-state index contributed by atoms with van der Waals surface area (Å²) in [5.74, 6) is 0. The number of piperazine rings is 1. The van der Waals surface area contributed by atoms with E-state index in [0.29, 0.717) is 0 Å². The third-order valence-electron chi connectivity index (χ3n) is 4.27. The third kappa shape index (κ3) is 5.98. The van der Waals surface area contributed by atoms with Crippen LogP contribution in [0.1, 0.15) is 49.8 Å². The second-order valence-corrected chi connectivity index (χ2v) is 5.92. The van der Waals surface area contributed by atoms with Gasteiger partial charge in [-0.3, -0.25) is 4.90 Å². The smallest absolute Gasteiger partial charge is 0.314 e. The van der Waals surface area contributed by atoms with Gasteiger partial charge in [0.2, 0.25) is 0 Å². The predicted molar refractivity (Wildman–Crippen MR) is 90.0 cm³/mol. The fraction of sp³-hybridized carbons (Fsp3) is 0.647. The minimum absolute atomic E-state index is 0. The normalized spacial score (nSPS) is 17.6. The Kier molecular flexibility index (Phi) is 8.37. The molecule has 1 aliphatic rings. The van der Waals surface area contributed by atoms with Gasteiger partial charge in [0.1, 0.15) is 0 Å². The Bertz CT molecular complexity index is 459. The second-order valence-electron chi connectivity index (χ2n) is 5.92. The highest BCUT2D eigenvalue weighted by molar-refractivity contribution is 5.85. The molecule has 0 radical (unpaired) electrons. The van der Waals surface area contributed by atoms with Gasteiger partial charge in [0.25, 0.3) is 0 Å². The molecule has 23 heavy (non-hydrogen) atoms. The van der Waals surface area contributed by atoms with Crippen LogP contribution in [0.4, 0.5) is 13.2 Å². The van der Waals surface area contributed by atoms with Gasteiger partial charge in [-0.25, -0.2) is 0 Å². The van der Waals surface area contributed by atoms with E-state index in [0.717, 1.165) is 63.5 Å². The molecule has 0 amide bonds. The lowest BCUT2D eigenvalue weighted by molar-refractivity contribution is -0.137. The summed E-state index contributed by atoms with van der Waals surface area (Å²) in [6.07, 6.45) is -0.0393. The zero-order valence-electron chi connectivity index (χ0n) is 13.5. The molecule has 0 saturated carbocycles. The van der Waals surface area contributed by atoms with E-state index in [1.54, 1.807) is 0 Å². The quantitative estimate of drug-likeness (QED) is 0.751. The Morgan fingerprint density at radius 3 is 2.48 bits per heavy atom. The van der Waals surface area contributed by atoms with E-state index in [9.17, 15) is 13.2 Å². The molecular weight excluding hydrogens is 325 g/mol. The molecule has 1 saturated heterocycles. The van der Waals surface area contributed by atoms with Crippen LogP contribution in [-0.4, -0.2) is 31.1 Å². The van der Waals surface area contributed by atoms with E-state index in [-0.39, 0.29) is 18.4 Å². The summed E-state index contributed by atoms with van der Waals surface area (Å²) in [5, 5.41) is 3.30. The van der Waals surface area contributed by atoms with Crippen molar-refractivity contribution in [2.45, 2.75) is 44.8 Å². The molecule has 0 unspecified atom stereocenters. The molecule has 1 aliphatic heterocycles. The third-order valence-corrected chi connectivity index (χ3v) is 4.27. The predicted octanol–water partition coefficient (Wildman–Crippen LogP) is 4.65. The molecule has 1 fully saturated rings. The summed E-state index contributed by atoms with van der Waals surface area (Å²) < 4.78 is 38.9. The summed E-state index contributed by atoms with van der Waals surface area (Å²) in [4.78, 5) is 2.32. The zero-order chi connectivity index (χ0) is 16.0. The highest BCUT2D eigenvalue weighted by atomic mass is 35.5. The monoisotopic (exact) mass is 350 g/mol. The van der Waals surface area contributed by atoms with E-state index in [2.05, 4.69) is 17.1 Å². The fourth-order valence-corrected chi connectivity index (χ4v) is 3.06. The van der Waals surface area contributed by atoms with Crippen molar-refractivity contribution in [3.05, 3.63) is 35.4 Å². The zero-order valence-corrected chi connectivity index (χ0v) is 14.3. The van der Waals surface area contributed by atoms with Crippen molar-refractivity contribution >= 4 is 12.4 Å². The number of rotatable bonds is 6. The number of alkyl halides is 3. The van der Waals surface area contributed by atoms with E-state index < -0.39 is 11.7 Å². The molecule has 1 heterocycles. The average molecular weight is 351 g/mol. The van der Waals surface area contributed by atoms with Gasteiger partial charge in [-0.05, 0) is 24.1 Å². The SMILES string of the molecule is CCCCC[C@H](c1cccc(C(F)(F)F)c1)N1CCNCC1.Cl. The molecule has 1 atom stereocenters. The summed E-state index contributed by atoms with van der Waals surface area (Å²) in [5.41, 5.74) is 0.258. The first-order valence-corrected chi connectivity index (χ1v) is 8.14. The van der Waals surface area contributed by atoms with Crippen LogP contribution in [0.15, 0.2) is 24.3 Å². The lowest BCUT2D eigenvalue weighted by Gasteiger charge is -2.35. The maximum Gasteiger partial charge on any atom is 0.416 e. The van der Waals surface area contributed by atoms with Crippen LogP contribution in [0.3, 0.4) is 0 Å². The summed E-state index contributed by atoms with van der Waals surface area (Å²) in [7, 11) is 0. The molecule has 132 valence electrons. The van der Waals surface area contributed by atoms with Gasteiger partial charge >= 0.3 is 6.18 Å². The number of halogens is 4. The minimum atomic E-state index is -4.27. The maximum atomic E-state index is 13.0. The summed E-state index contributed by atoms with van der Waals surface area (Å²) in [6.45, 7) is 5.75. The van der Waals surface area contributed by atoms with Gasteiger partial charge in [0.05, 0.1) is 5.56 Å². The van der Waals surface area contributed by atoms with Crippen LogP contribution in [0.2, 0.25) is 0 Å². The first kappa shape index (κ1) is 20.3. The Morgan fingerprint density at radius 1 is 1.17 bits per heavy atom. The Morgan fingerprint density at radius 2 is 1.87 bits per heavy atom. The van der Waals surface area contributed by atoms with Crippen molar-refractivity contribution in [2.24, 2.45) is 0 Å². The highest BCUT2D eigenvalue weighted by Gasteiger charge is 2.31. The van der Waals surface area contributed by atoms with Crippen LogP contribution in [0.25, 0.3) is 0 Å². The molecule has 1 aromatic carbocycles. The molecule has 0 spiro atoms. The average Bonchev–Trinajstić information content (AvgIpc) is 2.52. The van der Waals surface area contributed by atoms with Gasteiger partial charge in [-0.2, -0.15) is 13.2 Å². The fourth-order valence-electron chi connectivity index (χ4n) is 3.06. The van der Waals surface area contributed by atoms with Crippen LogP contribution < -0.4 is 5.32 Å². The van der Waals surface area contributed by atoms with Crippen molar-refractivity contribution < 1.29 is 13.2 Å². The van der Waals surface area contributed by atoms with Crippen LogP contribution in [0, 0.1) is 0 Å².